The van der Waals surface area contributed by atoms with Gasteiger partial charge in [-0.05, 0) is 11.4 Å². The lowest BCUT2D eigenvalue weighted by Gasteiger charge is -1.91. The lowest BCUT2D eigenvalue weighted by Crippen LogP contribution is -1.97. The topological polar surface area (TPSA) is 51.2 Å². The van der Waals surface area contributed by atoms with Crippen molar-refractivity contribution in [2.45, 2.75) is 4.90 Å². The molecule has 0 saturated heterocycles. The van der Waals surface area contributed by atoms with Crippen molar-refractivity contribution in [2.24, 2.45) is 0 Å². The lowest BCUT2D eigenvalue weighted by atomic mass is 10.5. The molecule has 0 aliphatic heterocycles. The van der Waals surface area contributed by atoms with Gasteiger partial charge in [0.05, 0.1) is 9.77 Å². The van der Waals surface area contributed by atoms with Gasteiger partial charge in [0, 0.05) is 6.26 Å². The Morgan fingerprint density at radius 2 is 2.18 bits per heavy atom. The molecule has 0 N–H and O–H groups in total. The molecule has 0 spiro atoms. The predicted molar refractivity (Wildman–Crippen MR) is 42.8 cm³/mol. The number of carbonyl (C=O) groups excluding carboxylic acids is 1. The second-order valence-corrected chi connectivity index (χ2v) is 4.97. The minimum Gasteiger partial charge on any atom is -0.297 e. The van der Waals surface area contributed by atoms with Crippen molar-refractivity contribution in [2.75, 3.05) is 6.26 Å². The van der Waals surface area contributed by atoms with Crippen LogP contribution in [-0.2, 0) is 9.84 Å². The van der Waals surface area contributed by atoms with Gasteiger partial charge in [-0.2, -0.15) is 0 Å². The van der Waals surface area contributed by atoms with E-state index >= 15 is 0 Å². The molecule has 0 amide bonds. The fourth-order valence-electron chi connectivity index (χ4n) is 0.702. The maximum Gasteiger partial charge on any atom is 0.177 e. The van der Waals surface area contributed by atoms with E-state index in [1.165, 1.54) is 6.07 Å². The first kappa shape index (κ1) is 8.42. The minimum atomic E-state index is -3.22. The molecule has 11 heavy (non-hydrogen) atoms. The highest BCUT2D eigenvalue weighted by atomic mass is 32.2. The first-order chi connectivity index (χ1) is 5.05. The smallest absolute Gasteiger partial charge is 0.177 e. The van der Waals surface area contributed by atoms with E-state index in [4.69, 9.17) is 0 Å². The molecule has 0 saturated carbocycles. The molecule has 5 heteroatoms. The Morgan fingerprint density at radius 3 is 2.55 bits per heavy atom. The summed E-state index contributed by atoms with van der Waals surface area (Å²) >= 11 is 1.13. The summed E-state index contributed by atoms with van der Waals surface area (Å²) in [6.07, 6.45) is 1.64. The third-order valence-electron chi connectivity index (χ3n) is 1.16. The molecule has 1 aromatic rings. The molecule has 3 nitrogen and oxygen atoms in total. The molecular weight excluding hydrogens is 184 g/mol. The molecule has 0 bridgehead atoms. The Balaban J connectivity index is 3.35. The first-order valence-corrected chi connectivity index (χ1v) is 5.55. The predicted octanol–water partition coefficient (Wildman–Crippen LogP) is 0.964. The summed E-state index contributed by atoms with van der Waals surface area (Å²) in [7, 11) is -3.22. The van der Waals surface area contributed by atoms with E-state index in [2.05, 4.69) is 0 Å². The second-order valence-electron chi connectivity index (χ2n) is 2.04. The van der Waals surface area contributed by atoms with E-state index in [0.717, 1.165) is 17.6 Å². The van der Waals surface area contributed by atoms with Gasteiger partial charge in [0.25, 0.3) is 0 Å². The third kappa shape index (κ3) is 1.66. The zero-order chi connectivity index (χ0) is 8.48. The van der Waals surface area contributed by atoms with Crippen LogP contribution in [0.4, 0.5) is 0 Å². The van der Waals surface area contributed by atoms with E-state index in [1.54, 1.807) is 5.38 Å². The van der Waals surface area contributed by atoms with Gasteiger partial charge in [0.15, 0.2) is 16.1 Å². The van der Waals surface area contributed by atoms with Gasteiger partial charge in [-0.15, -0.1) is 11.3 Å². The summed E-state index contributed by atoms with van der Waals surface area (Å²) in [6.45, 7) is 0. The van der Waals surface area contributed by atoms with Gasteiger partial charge >= 0.3 is 0 Å². The van der Waals surface area contributed by atoms with E-state index in [0.29, 0.717) is 6.29 Å². The molecule has 0 radical (unpaired) electrons. The number of rotatable bonds is 2. The van der Waals surface area contributed by atoms with Crippen molar-refractivity contribution in [3.8, 4) is 0 Å². The molecule has 0 aliphatic carbocycles. The molecule has 0 aliphatic rings. The zero-order valence-corrected chi connectivity index (χ0v) is 7.41. The number of aldehydes is 1. The average Bonchev–Trinajstić information content (AvgIpc) is 2.31. The summed E-state index contributed by atoms with van der Waals surface area (Å²) in [6, 6.07) is 1.43. The largest absolute Gasteiger partial charge is 0.297 e. The van der Waals surface area contributed by atoms with Crippen LogP contribution >= 0.6 is 11.3 Å². The van der Waals surface area contributed by atoms with Crippen LogP contribution in [0.2, 0.25) is 0 Å². The van der Waals surface area contributed by atoms with Crippen molar-refractivity contribution >= 4 is 27.5 Å². The normalized spacial score (nSPS) is 11.4. The number of carbonyl (C=O) groups is 1. The van der Waals surface area contributed by atoms with Crippen LogP contribution in [-0.4, -0.2) is 21.0 Å². The van der Waals surface area contributed by atoms with E-state index < -0.39 is 9.84 Å². The highest BCUT2D eigenvalue weighted by Crippen LogP contribution is 2.19. The highest BCUT2D eigenvalue weighted by Gasteiger charge is 2.12. The maximum atomic E-state index is 10.9. The minimum absolute atomic E-state index is 0.123. The number of sulfone groups is 1. The average molecular weight is 190 g/mol. The molecule has 1 aromatic heterocycles. The fraction of sp³-hybridized carbons (Fsp3) is 0.167. The second kappa shape index (κ2) is 2.75. The molecule has 0 aromatic carbocycles. The molecule has 60 valence electrons. The summed E-state index contributed by atoms with van der Waals surface area (Å²) in [5, 5.41) is 1.58. The van der Waals surface area contributed by atoms with Crippen LogP contribution < -0.4 is 0 Å². The Hall–Kier alpha value is -0.680. The summed E-state index contributed by atoms with van der Waals surface area (Å²) < 4.78 is 21.8. The van der Waals surface area contributed by atoms with Crippen LogP contribution in [0.25, 0.3) is 0 Å². The summed E-state index contributed by atoms with van der Waals surface area (Å²) in [5.41, 5.74) is 0. The molecule has 0 fully saturated rings. The van der Waals surface area contributed by atoms with Gasteiger partial charge in [-0.3, -0.25) is 4.79 Å². The zero-order valence-electron chi connectivity index (χ0n) is 5.77. The number of hydrogen-bond donors (Lipinski definition) is 0. The van der Waals surface area contributed by atoms with Crippen LogP contribution in [0.3, 0.4) is 0 Å². The Kier molecular flexibility index (Phi) is 2.10. The van der Waals surface area contributed by atoms with Gasteiger partial charge in [0.2, 0.25) is 0 Å². The Labute approximate surface area is 68.6 Å². The quantitative estimate of drug-likeness (QED) is 0.653. The van der Waals surface area contributed by atoms with Gasteiger partial charge in [0.1, 0.15) is 0 Å². The van der Waals surface area contributed by atoms with Crippen LogP contribution in [0.1, 0.15) is 9.67 Å². The van der Waals surface area contributed by atoms with Crippen LogP contribution in [0.5, 0.6) is 0 Å². The lowest BCUT2D eigenvalue weighted by molar-refractivity contribution is 0.112. The molecule has 1 heterocycles. The standard InChI is InChI=1S/C6H6O3S2/c1-11(8,9)6-2-3-10-5(6)4-7/h2-4H,1H3. The Bertz CT molecular complexity index is 361. The summed E-state index contributed by atoms with van der Waals surface area (Å²) in [4.78, 5) is 10.7. The highest BCUT2D eigenvalue weighted by molar-refractivity contribution is 7.91. The monoisotopic (exact) mass is 190 g/mol. The van der Waals surface area contributed by atoms with E-state index in [9.17, 15) is 13.2 Å². The third-order valence-corrected chi connectivity index (χ3v) is 3.29. The Morgan fingerprint density at radius 1 is 1.55 bits per heavy atom. The fourth-order valence-corrected chi connectivity index (χ4v) is 2.71. The molecule has 1 rings (SSSR count). The van der Waals surface area contributed by atoms with Gasteiger partial charge in [-0.25, -0.2) is 8.42 Å². The van der Waals surface area contributed by atoms with Crippen LogP contribution in [0, 0.1) is 0 Å². The van der Waals surface area contributed by atoms with E-state index in [1.807, 2.05) is 0 Å². The summed E-state index contributed by atoms with van der Waals surface area (Å²) in [5.74, 6) is 0. The number of hydrogen-bond acceptors (Lipinski definition) is 4. The molecule has 0 atom stereocenters. The van der Waals surface area contributed by atoms with Crippen LogP contribution in [0.15, 0.2) is 16.3 Å². The van der Waals surface area contributed by atoms with Crippen molar-refractivity contribution in [3.05, 3.63) is 16.3 Å². The van der Waals surface area contributed by atoms with Crippen molar-refractivity contribution < 1.29 is 13.2 Å². The molecular formula is C6H6O3S2. The number of thiophene rings is 1. The van der Waals surface area contributed by atoms with Crippen molar-refractivity contribution in [1.29, 1.82) is 0 Å². The van der Waals surface area contributed by atoms with Gasteiger partial charge < -0.3 is 0 Å². The van der Waals surface area contributed by atoms with Crippen molar-refractivity contribution in [1.82, 2.24) is 0 Å². The SMILES string of the molecule is CS(=O)(=O)c1ccsc1C=O. The maximum absolute atomic E-state index is 10.9. The van der Waals surface area contributed by atoms with Gasteiger partial charge in [-0.1, -0.05) is 0 Å². The van der Waals surface area contributed by atoms with E-state index in [-0.39, 0.29) is 9.77 Å². The first-order valence-electron chi connectivity index (χ1n) is 2.78. The molecule has 0 unspecified atom stereocenters. The van der Waals surface area contributed by atoms with Crippen molar-refractivity contribution in [3.63, 3.8) is 0 Å².